The van der Waals surface area contributed by atoms with Gasteiger partial charge in [-0.2, -0.15) is 0 Å². The number of nitrogens with zero attached hydrogens (tertiary/aromatic N) is 3. The predicted molar refractivity (Wildman–Crippen MR) is 220 cm³/mol. The molecule has 0 radical (unpaired) electrons. The van der Waals surface area contributed by atoms with Crippen molar-refractivity contribution in [2.24, 2.45) is 23.7 Å². The lowest BCUT2D eigenvalue weighted by Crippen LogP contribution is -2.60. The molecule has 3 aliphatic rings. The minimum Gasteiger partial charge on any atom is -0.457 e. The molecule has 2 aromatic rings. The molecule has 14 heteroatoms. The van der Waals surface area contributed by atoms with E-state index in [1.165, 1.54) is 20.1 Å². The second-order valence-electron chi connectivity index (χ2n) is 17.2. The fourth-order valence-electron chi connectivity index (χ4n) is 9.69. The Balaban J connectivity index is 1.49. The van der Waals surface area contributed by atoms with Crippen molar-refractivity contribution in [2.75, 3.05) is 33.5 Å². The fraction of sp³-hybridized carbons (Fsp3) is 0.682. The number of fused-ring (bicyclic) bond motifs is 2. The zero-order valence-electron chi connectivity index (χ0n) is 36.0. The number of ether oxygens (including phenoxy) is 5. The van der Waals surface area contributed by atoms with Crippen molar-refractivity contribution in [3.8, 4) is 0 Å². The van der Waals surface area contributed by atoms with Gasteiger partial charge in [-0.1, -0.05) is 40.3 Å². The van der Waals surface area contributed by atoms with Crippen molar-refractivity contribution in [2.45, 2.75) is 141 Å². The van der Waals surface area contributed by atoms with Gasteiger partial charge in [0.2, 0.25) is 0 Å². The first kappa shape index (κ1) is 45.3. The van der Waals surface area contributed by atoms with Gasteiger partial charge in [0.05, 0.1) is 29.4 Å². The van der Waals surface area contributed by atoms with Crippen molar-refractivity contribution in [1.82, 2.24) is 14.4 Å². The van der Waals surface area contributed by atoms with E-state index in [4.69, 9.17) is 29.4 Å². The molecule has 3 saturated heterocycles. The number of unbranched alkanes of at least 4 members (excludes halogenated alkanes) is 1. The normalized spacial score (nSPS) is 36.8. The third-order valence-electron chi connectivity index (χ3n) is 13.1. The van der Waals surface area contributed by atoms with Gasteiger partial charge in [0.25, 0.3) is 0 Å². The number of ketones is 2. The van der Waals surface area contributed by atoms with Gasteiger partial charge in [-0.05, 0) is 91.2 Å². The first-order valence-corrected chi connectivity index (χ1v) is 20.8. The Morgan fingerprint density at radius 1 is 1.03 bits per heavy atom. The number of aryl methyl sites for hydroxylation is 1. The van der Waals surface area contributed by atoms with Crippen LogP contribution in [0.4, 0.5) is 10.5 Å². The Morgan fingerprint density at radius 2 is 1.72 bits per heavy atom. The van der Waals surface area contributed by atoms with Crippen molar-refractivity contribution in [3.05, 3.63) is 43.1 Å². The van der Waals surface area contributed by atoms with Crippen LogP contribution < -0.4 is 5.73 Å². The number of amides is 1. The summed E-state index contributed by atoms with van der Waals surface area (Å²) in [6.45, 7) is 17.2. The molecule has 5 rings (SSSR count). The number of aromatic nitrogens is 1. The van der Waals surface area contributed by atoms with E-state index in [0.29, 0.717) is 31.5 Å². The number of rotatable bonds is 11. The molecule has 13 atom stereocenters. The largest absolute Gasteiger partial charge is 0.457 e. The maximum Gasteiger partial charge on any atom is 0.411 e. The predicted octanol–water partition coefficient (Wildman–Crippen LogP) is 5.37. The summed E-state index contributed by atoms with van der Waals surface area (Å²) in [5, 5.41) is 12.4. The van der Waals surface area contributed by atoms with Crippen molar-refractivity contribution in [1.29, 1.82) is 0 Å². The van der Waals surface area contributed by atoms with E-state index in [9.17, 15) is 24.3 Å². The molecule has 14 nitrogen and oxygen atoms in total. The lowest BCUT2D eigenvalue weighted by atomic mass is 9.72. The Bertz CT molecular complexity index is 1810. The zero-order chi connectivity index (χ0) is 42.9. The summed E-state index contributed by atoms with van der Waals surface area (Å²) in [6, 6.07) is 6.62. The number of hydrogen-bond donors (Lipinski definition) is 2. The summed E-state index contributed by atoms with van der Waals surface area (Å²) in [7, 11) is 5.23. The third-order valence-corrected chi connectivity index (χ3v) is 13.1. The number of benzene rings is 1. The van der Waals surface area contributed by atoms with Crippen LogP contribution >= 0.6 is 0 Å². The van der Waals surface area contributed by atoms with Gasteiger partial charge in [-0.25, -0.2) is 4.79 Å². The molecule has 0 saturated carbocycles. The first-order chi connectivity index (χ1) is 27.3. The molecule has 0 unspecified atom stereocenters. The van der Waals surface area contributed by atoms with Crippen LogP contribution in [0.1, 0.15) is 80.6 Å². The summed E-state index contributed by atoms with van der Waals surface area (Å²) in [5.74, 6) is -5.18. The van der Waals surface area contributed by atoms with E-state index < -0.39 is 83.4 Å². The van der Waals surface area contributed by atoms with Crippen LogP contribution in [0.15, 0.2) is 43.1 Å². The number of nitrogens with two attached hydrogens (primary N) is 1. The molecule has 1 amide bonds. The lowest BCUT2D eigenvalue weighted by molar-refractivity contribution is -0.295. The second-order valence-corrected chi connectivity index (χ2v) is 17.2. The molecule has 0 spiro atoms. The van der Waals surface area contributed by atoms with Crippen molar-refractivity contribution >= 4 is 40.2 Å². The average molecular weight is 811 g/mol. The molecular weight excluding hydrogens is 745 g/mol. The quantitative estimate of drug-likeness (QED) is 0.0979. The maximum absolute atomic E-state index is 14.8. The molecule has 3 aliphatic heterocycles. The highest BCUT2D eigenvalue weighted by molar-refractivity contribution is 6.00. The number of carbonyl (C=O) groups excluding carboxylic acids is 4. The average Bonchev–Trinajstić information content (AvgIpc) is 3.75. The summed E-state index contributed by atoms with van der Waals surface area (Å²) in [6.07, 6.45) is 0.441. The highest BCUT2D eigenvalue weighted by Crippen LogP contribution is 2.44. The number of hydrogen-bond acceptors (Lipinski definition) is 12. The monoisotopic (exact) mass is 810 g/mol. The van der Waals surface area contributed by atoms with Crippen LogP contribution in [-0.4, -0.2) is 125 Å². The maximum atomic E-state index is 14.8. The Kier molecular flexibility index (Phi) is 14.2. The van der Waals surface area contributed by atoms with Crippen LogP contribution in [0.3, 0.4) is 0 Å². The molecule has 1 aromatic carbocycles. The smallest absolute Gasteiger partial charge is 0.411 e. The summed E-state index contributed by atoms with van der Waals surface area (Å²) < 4.78 is 33.4. The molecular formula is C44H66N4O10. The van der Waals surface area contributed by atoms with Gasteiger partial charge >= 0.3 is 12.1 Å². The standard InChI is InChI=1S/C44H66N4O10/c1-12-34-44(13-2)38(48(42(53)58-44)21-15-14-20-47-22-19-30-31(45)17-16-18-32(30)47)27(5)35(49)25(3)24-43(8,54-11)39(28(6)36(50)29(7)40(52)56-34)57-41-37(51)33(46(9)10)23-26(4)55-41/h13,16-19,22,25-29,33-34,37-39,41,51H,2,12,14-15,20-21,23-24,45H2,1,3-11H3/t25-,26-,27+,28+,29-,33+,34-,37-,38-,39-,41+,43-,44-/m1/s1. The third kappa shape index (κ3) is 8.58. The molecule has 0 aliphatic carbocycles. The van der Waals surface area contributed by atoms with Crippen LogP contribution in [0.5, 0.6) is 0 Å². The number of methoxy groups -OCH3 is 1. The highest BCUT2D eigenvalue weighted by Gasteiger charge is 2.61. The number of anilines is 1. The van der Waals surface area contributed by atoms with Gasteiger partial charge < -0.3 is 44.0 Å². The van der Waals surface area contributed by atoms with E-state index in [-0.39, 0.29) is 37.3 Å². The summed E-state index contributed by atoms with van der Waals surface area (Å²) in [5.41, 5.74) is 5.03. The minimum absolute atomic E-state index is 0.110. The van der Waals surface area contributed by atoms with E-state index in [2.05, 4.69) is 11.1 Å². The Labute approximate surface area is 343 Å². The van der Waals surface area contributed by atoms with Gasteiger partial charge in [-0.3, -0.25) is 19.3 Å². The van der Waals surface area contributed by atoms with Crippen LogP contribution in [0.2, 0.25) is 0 Å². The number of esters is 1. The number of aliphatic hydroxyl groups is 1. The van der Waals surface area contributed by atoms with Crippen molar-refractivity contribution < 1.29 is 48.0 Å². The molecule has 3 fully saturated rings. The number of Topliss-reactive ketones (excluding diaryl/α,β-unsaturated/α-hetero) is 2. The Hall–Kier alpha value is -3.82. The van der Waals surface area contributed by atoms with Crippen LogP contribution in [0, 0.1) is 23.7 Å². The van der Waals surface area contributed by atoms with E-state index >= 15 is 0 Å². The number of aliphatic hydroxyl groups excluding tert-OH is 1. The highest BCUT2D eigenvalue weighted by atomic mass is 16.7. The molecule has 1 aromatic heterocycles. The minimum atomic E-state index is -1.59. The number of carbonyl (C=O) groups is 4. The zero-order valence-corrected chi connectivity index (χ0v) is 36.0. The summed E-state index contributed by atoms with van der Waals surface area (Å²) >= 11 is 0. The molecule has 3 N–H and O–H groups in total. The SMILES string of the molecule is C=C[C@]12OC(=O)N(CCCCn3ccc4c(N)cccc43)[C@@H]1[C@@H](C)C(=O)[C@H](C)C[C@@](C)(OC)[C@H](O[C@@H]1O[C@H](C)C[C@H](N(C)C)[C@H]1O)[C@@H](C)C(=O)[C@@H](C)C(=O)O[C@@H]2CC. The molecule has 0 bridgehead atoms. The fourth-order valence-corrected chi connectivity index (χ4v) is 9.69. The lowest BCUT2D eigenvalue weighted by Gasteiger charge is -2.47. The van der Waals surface area contributed by atoms with Crippen molar-refractivity contribution in [3.63, 3.8) is 0 Å². The first-order valence-electron chi connectivity index (χ1n) is 20.8. The Morgan fingerprint density at radius 3 is 2.36 bits per heavy atom. The second kappa shape index (κ2) is 18.2. The topological polar surface area (TPSA) is 172 Å². The molecule has 58 heavy (non-hydrogen) atoms. The van der Waals surface area contributed by atoms with Gasteiger partial charge in [0.15, 0.2) is 17.7 Å². The van der Waals surface area contributed by atoms with Crippen LogP contribution in [-0.2, 0) is 44.6 Å². The van der Waals surface area contributed by atoms with Gasteiger partial charge in [-0.15, -0.1) is 0 Å². The van der Waals surface area contributed by atoms with Crippen LogP contribution in [0.25, 0.3) is 10.9 Å². The van der Waals surface area contributed by atoms with E-state index in [1.54, 1.807) is 39.5 Å². The number of likely N-dealkylation sites (N-methyl/N-ethyl adjacent to an activating group) is 1. The number of cyclic esters (lactones) is 1. The molecule has 322 valence electrons. The number of nitrogen functional groups attached to an aromatic ring is 1. The molecule has 4 heterocycles. The summed E-state index contributed by atoms with van der Waals surface area (Å²) in [4.78, 5) is 60.7. The van der Waals surface area contributed by atoms with Gasteiger partial charge in [0, 0.05) is 61.3 Å². The van der Waals surface area contributed by atoms with E-state index in [0.717, 1.165) is 10.9 Å². The van der Waals surface area contributed by atoms with E-state index in [1.807, 2.05) is 56.4 Å². The van der Waals surface area contributed by atoms with Gasteiger partial charge in [0.1, 0.15) is 23.9 Å².